The third-order valence-electron chi connectivity index (χ3n) is 4.26. The number of nitrogens with two attached hydrogens (primary N) is 1. The Morgan fingerprint density at radius 1 is 1.35 bits per heavy atom. The Balaban J connectivity index is 1.89. The smallest absolute Gasteiger partial charge is 0.271 e. The molecular weight excluding hydrogens is 258 g/mol. The molecule has 0 spiro atoms. The van der Waals surface area contributed by atoms with E-state index < -0.39 is 4.92 Å². The largest absolute Gasteiger partial charge is 0.397 e. The second kappa shape index (κ2) is 5.28. The van der Waals surface area contributed by atoms with Crippen LogP contribution in [0.4, 0.5) is 17.1 Å². The number of fused-ring (bicyclic) bond motifs is 1. The number of nitrogen functional groups attached to an aromatic ring is 1. The SMILES string of the molecule is Nc1cc([N+](=O)[O-])ccc1N1CCOC2CCCCC21. The van der Waals surface area contributed by atoms with Crippen molar-refractivity contribution >= 4 is 17.1 Å². The maximum Gasteiger partial charge on any atom is 0.271 e. The summed E-state index contributed by atoms with van der Waals surface area (Å²) in [6.07, 6.45) is 4.88. The number of nitro groups is 1. The highest BCUT2D eigenvalue weighted by Crippen LogP contribution is 2.35. The summed E-state index contributed by atoms with van der Waals surface area (Å²) >= 11 is 0. The average molecular weight is 277 g/mol. The molecule has 0 amide bonds. The molecule has 1 aromatic rings. The number of hydrogen-bond acceptors (Lipinski definition) is 5. The van der Waals surface area contributed by atoms with Crippen molar-refractivity contribution in [1.29, 1.82) is 0 Å². The zero-order chi connectivity index (χ0) is 14.1. The lowest BCUT2D eigenvalue weighted by Crippen LogP contribution is -2.53. The fourth-order valence-corrected chi connectivity index (χ4v) is 3.31. The van der Waals surface area contributed by atoms with Gasteiger partial charge in [-0.1, -0.05) is 12.8 Å². The minimum Gasteiger partial charge on any atom is -0.397 e. The van der Waals surface area contributed by atoms with Gasteiger partial charge in [0.15, 0.2) is 0 Å². The van der Waals surface area contributed by atoms with E-state index in [0.717, 1.165) is 25.1 Å². The molecule has 0 aromatic heterocycles. The number of rotatable bonds is 2. The van der Waals surface area contributed by atoms with Gasteiger partial charge in [-0.3, -0.25) is 10.1 Å². The highest BCUT2D eigenvalue weighted by Gasteiger charge is 2.35. The molecule has 1 heterocycles. The molecule has 6 heteroatoms. The molecule has 2 fully saturated rings. The quantitative estimate of drug-likeness (QED) is 0.509. The summed E-state index contributed by atoms with van der Waals surface area (Å²) in [5.41, 5.74) is 7.44. The highest BCUT2D eigenvalue weighted by atomic mass is 16.6. The summed E-state index contributed by atoms with van der Waals surface area (Å²) in [7, 11) is 0. The van der Waals surface area contributed by atoms with Crippen molar-refractivity contribution in [1.82, 2.24) is 0 Å². The van der Waals surface area contributed by atoms with Gasteiger partial charge in [0.2, 0.25) is 0 Å². The highest BCUT2D eigenvalue weighted by molar-refractivity contribution is 5.71. The fraction of sp³-hybridized carbons (Fsp3) is 0.571. The van der Waals surface area contributed by atoms with Crippen molar-refractivity contribution in [2.45, 2.75) is 37.8 Å². The van der Waals surface area contributed by atoms with E-state index in [4.69, 9.17) is 10.5 Å². The Bertz CT molecular complexity index is 518. The number of nitro benzene ring substituents is 1. The van der Waals surface area contributed by atoms with E-state index in [1.807, 2.05) is 0 Å². The van der Waals surface area contributed by atoms with Crippen molar-refractivity contribution in [2.24, 2.45) is 0 Å². The minimum atomic E-state index is -0.414. The van der Waals surface area contributed by atoms with Gasteiger partial charge in [0, 0.05) is 18.7 Å². The maximum absolute atomic E-state index is 10.8. The number of non-ortho nitro benzene ring substituents is 1. The van der Waals surface area contributed by atoms with Gasteiger partial charge in [0.25, 0.3) is 5.69 Å². The van der Waals surface area contributed by atoms with Gasteiger partial charge < -0.3 is 15.4 Å². The van der Waals surface area contributed by atoms with E-state index in [1.165, 1.54) is 25.0 Å². The first-order chi connectivity index (χ1) is 9.66. The number of morpholine rings is 1. The second-order valence-corrected chi connectivity index (χ2v) is 5.45. The third kappa shape index (κ3) is 2.31. The lowest BCUT2D eigenvalue weighted by Gasteiger charge is -2.45. The number of anilines is 2. The Labute approximate surface area is 117 Å². The number of nitrogens with zero attached hydrogens (tertiary/aromatic N) is 2. The molecule has 3 rings (SSSR count). The lowest BCUT2D eigenvalue weighted by molar-refractivity contribution is -0.384. The van der Waals surface area contributed by atoms with Gasteiger partial charge in [-0.15, -0.1) is 0 Å². The minimum absolute atomic E-state index is 0.0414. The van der Waals surface area contributed by atoms with Crippen LogP contribution in [0.15, 0.2) is 18.2 Å². The van der Waals surface area contributed by atoms with E-state index in [1.54, 1.807) is 6.07 Å². The molecule has 0 radical (unpaired) electrons. The van der Waals surface area contributed by atoms with E-state index in [9.17, 15) is 10.1 Å². The van der Waals surface area contributed by atoms with Crippen LogP contribution >= 0.6 is 0 Å². The van der Waals surface area contributed by atoms with Crippen LogP contribution < -0.4 is 10.6 Å². The summed E-state index contributed by atoms with van der Waals surface area (Å²) in [5.74, 6) is 0. The Hall–Kier alpha value is -1.82. The maximum atomic E-state index is 10.8. The molecule has 2 unspecified atom stereocenters. The summed E-state index contributed by atoms with van der Waals surface area (Å²) in [6, 6.07) is 5.09. The van der Waals surface area contributed by atoms with Gasteiger partial charge in [0.1, 0.15) is 0 Å². The molecule has 6 nitrogen and oxygen atoms in total. The molecule has 1 saturated carbocycles. The second-order valence-electron chi connectivity index (χ2n) is 5.45. The molecule has 108 valence electrons. The molecular formula is C14H19N3O3. The van der Waals surface area contributed by atoms with E-state index in [-0.39, 0.29) is 11.8 Å². The van der Waals surface area contributed by atoms with Crippen LogP contribution in [0.1, 0.15) is 25.7 Å². The van der Waals surface area contributed by atoms with Crippen molar-refractivity contribution in [3.63, 3.8) is 0 Å². The van der Waals surface area contributed by atoms with Crippen LogP contribution in [0.3, 0.4) is 0 Å². The molecule has 2 atom stereocenters. The third-order valence-corrected chi connectivity index (χ3v) is 4.26. The first-order valence-electron chi connectivity index (χ1n) is 7.09. The standard InChI is InChI=1S/C14H19N3O3/c15-11-9-10(17(18)19)5-6-12(11)16-7-8-20-14-4-2-1-3-13(14)16/h5-6,9,13-14H,1-4,7-8,15H2. The van der Waals surface area contributed by atoms with Crippen LogP contribution in [-0.2, 0) is 4.74 Å². The molecule has 1 aliphatic carbocycles. The van der Waals surface area contributed by atoms with Crippen LogP contribution in [0.5, 0.6) is 0 Å². The molecule has 2 N–H and O–H groups in total. The van der Waals surface area contributed by atoms with Crippen LogP contribution in [0, 0.1) is 10.1 Å². The topological polar surface area (TPSA) is 81.6 Å². The van der Waals surface area contributed by atoms with E-state index >= 15 is 0 Å². The zero-order valence-corrected chi connectivity index (χ0v) is 11.3. The van der Waals surface area contributed by atoms with Crippen molar-refractivity contribution in [3.05, 3.63) is 28.3 Å². The van der Waals surface area contributed by atoms with Crippen LogP contribution in [0.2, 0.25) is 0 Å². The Morgan fingerprint density at radius 2 is 2.15 bits per heavy atom. The summed E-state index contributed by atoms with van der Waals surface area (Å²) in [6.45, 7) is 1.49. The fourth-order valence-electron chi connectivity index (χ4n) is 3.31. The van der Waals surface area contributed by atoms with Crippen LogP contribution in [-0.4, -0.2) is 30.2 Å². The normalized spacial score (nSPS) is 26.1. The predicted molar refractivity (Wildman–Crippen MR) is 76.9 cm³/mol. The van der Waals surface area contributed by atoms with Gasteiger partial charge >= 0.3 is 0 Å². The molecule has 1 aromatic carbocycles. The van der Waals surface area contributed by atoms with Gasteiger partial charge in [-0.2, -0.15) is 0 Å². The first kappa shape index (κ1) is 13.2. The Kier molecular flexibility index (Phi) is 3.48. The zero-order valence-electron chi connectivity index (χ0n) is 11.3. The van der Waals surface area contributed by atoms with Crippen molar-refractivity contribution < 1.29 is 9.66 Å². The summed E-state index contributed by atoms with van der Waals surface area (Å²) in [5, 5.41) is 10.8. The summed E-state index contributed by atoms with van der Waals surface area (Å²) in [4.78, 5) is 12.6. The molecule has 0 bridgehead atoms. The average Bonchev–Trinajstić information content (AvgIpc) is 2.46. The van der Waals surface area contributed by atoms with Gasteiger partial charge in [-0.05, 0) is 18.9 Å². The molecule has 1 saturated heterocycles. The first-order valence-corrected chi connectivity index (χ1v) is 7.09. The van der Waals surface area contributed by atoms with Crippen molar-refractivity contribution in [3.8, 4) is 0 Å². The summed E-state index contributed by atoms with van der Waals surface area (Å²) < 4.78 is 5.84. The molecule has 20 heavy (non-hydrogen) atoms. The van der Waals surface area contributed by atoms with Gasteiger partial charge in [-0.25, -0.2) is 0 Å². The predicted octanol–water partition coefficient (Wildman–Crippen LogP) is 2.32. The Morgan fingerprint density at radius 3 is 2.90 bits per heavy atom. The lowest BCUT2D eigenvalue weighted by atomic mass is 9.89. The van der Waals surface area contributed by atoms with E-state index in [0.29, 0.717) is 18.3 Å². The van der Waals surface area contributed by atoms with Crippen LogP contribution in [0.25, 0.3) is 0 Å². The van der Waals surface area contributed by atoms with Gasteiger partial charge in [0.05, 0.1) is 35.1 Å². The molecule has 2 aliphatic rings. The number of ether oxygens (including phenoxy) is 1. The molecule has 1 aliphatic heterocycles. The number of benzene rings is 1. The van der Waals surface area contributed by atoms with Crippen molar-refractivity contribution in [2.75, 3.05) is 23.8 Å². The number of hydrogen-bond donors (Lipinski definition) is 1. The monoisotopic (exact) mass is 277 g/mol. The van der Waals surface area contributed by atoms with E-state index in [2.05, 4.69) is 4.90 Å².